The van der Waals surface area contributed by atoms with Crippen LogP contribution >= 0.6 is 0 Å². The van der Waals surface area contributed by atoms with E-state index in [-0.39, 0.29) is 11.8 Å². The number of benzene rings is 2. The normalized spacial score (nSPS) is 14.0. The first-order valence-electron chi connectivity index (χ1n) is 10.9. The molecule has 0 aliphatic carbocycles. The van der Waals surface area contributed by atoms with Gasteiger partial charge in [0, 0.05) is 49.1 Å². The van der Waals surface area contributed by atoms with Gasteiger partial charge < -0.3 is 9.80 Å². The first-order valence-corrected chi connectivity index (χ1v) is 10.9. The highest BCUT2D eigenvalue weighted by Crippen LogP contribution is 2.22. The molecule has 1 aliphatic rings. The van der Waals surface area contributed by atoms with Crippen molar-refractivity contribution in [1.82, 2.24) is 15.1 Å². The van der Waals surface area contributed by atoms with Crippen molar-refractivity contribution in [2.24, 2.45) is 0 Å². The fraction of sp³-hybridized carbons (Fsp3) is 0.320. The second kappa shape index (κ2) is 9.60. The minimum atomic E-state index is -0.00824. The Kier molecular flexibility index (Phi) is 6.46. The fourth-order valence-corrected chi connectivity index (χ4v) is 3.94. The van der Waals surface area contributed by atoms with E-state index in [4.69, 9.17) is 0 Å². The maximum atomic E-state index is 12.8. The lowest BCUT2D eigenvalue weighted by Crippen LogP contribution is -2.35. The van der Waals surface area contributed by atoms with Crippen LogP contribution in [-0.4, -0.2) is 47.0 Å². The SMILES string of the molecule is CN(CCCc1cc(-c2ccccc2)n[nH]1)C(=O)c1ccc(N2CCCCC2=O)cc1. The molecular weight excluding hydrogens is 388 g/mol. The minimum Gasteiger partial charge on any atom is -0.342 e. The molecule has 2 aromatic carbocycles. The zero-order chi connectivity index (χ0) is 21.6. The highest BCUT2D eigenvalue weighted by molar-refractivity contribution is 5.96. The van der Waals surface area contributed by atoms with E-state index < -0.39 is 0 Å². The summed E-state index contributed by atoms with van der Waals surface area (Å²) in [6.45, 7) is 1.41. The van der Waals surface area contributed by atoms with Crippen molar-refractivity contribution >= 4 is 17.5 Å². The summed E-state index contributed by atoms with van der Waals surface area (Å²) in [6.07, 6.45) is 4.26. The Morgan fingerprint density at radius 2 is 1.87 bits per heavy atom. The Morgan fingerprint density at radius 3 is 2.61 bits per heavy atom. The molecule has 31 heavy (non-hydrogen) atoms. The van der Waals surface area contributed by atoms with Gasteiger partial charge in [0.05, 0.1) is 5.69 Å². The molecule has 0 spiro atoms. The standard InChI is InChI=1S/C25H28N4O2/c1-28(16-7-10-21-18-23(27-26-21)19-8-3-2-4-9-19)25(31)20-12-14-22(15-13-20)29-17-6-5-11-24(29)30/h2-4,8-9,12-15,18H,5-7,10-11,16-17H2,1H3,(H,26,27). The van der Waals surface area contributed by atoms with Crippen molar-refractivity contribution in [3.63, 3.8) is 0 Å². The molecule has 1 N–H and O–H groups in total. The minimum absolute atomic E-state index is 0.00824. The third-order valence-corrected chi connectivity index (χ3v) is 5.74. The number of nitrogens with one attached hydrogen (secondary N) is 1. The summed E-state index contributed by atoms with van der Waals surface area (Å²) in [5, 5.41) is 7.48. The maximum absolute atomic E-state index is 12.8. The molecule has 4 rings (SSSR count). The van der Waals surface area contributed by atoms with Crippen molar-refractivity contribution in [3.8, 4) is 11.3 Å². The number of amides is 2. The zero-order valence-corrected chi connectivity index (χ0v) is 17.9. The van der Waals surface area contributed by atoms with Gasteiger partial charge >= 0.3 is 0 Å². The number of nitrogens with zero attached hydrogens (tertiary/aromatic N) is 3. The Morgan fingerprint density at radius 1 is 1.10 bits per heavy atom. The predicted octanol–water partition coefficient (Wildman–Crippen LogP) is 4.30. The predicted molar refractivity (Wildman–Crippen MR) is 122 cm³/mol. The van der Waals surface area contributed by atoms with E-state index in [2.05, 4.69) is 16.3 Å². The molecule has 1 aromatic heterocycles. The van der Waals surface area contributed by atoms with Crippen LogP contribution in [0.3, 0.4) is 0 Å². The molecule has 1 saturated heterocycles. The average Bonchev–Trinajstić information content (AvgIpc) is 3.28. The summed E-state index contributed by atoms with van der Waals surface area (Å²) in [6, 6.07) is 19.5. The van der Waals surface area contributed by atoms with Gasteiger partial charge in [0.1, 0.15) is 0 Å². The molecule has 1 fully saturated rings. The van der Waals surface area contributed by atoms with Crippen LogP contribution in [0.25, 0.3) is 11.3 Å². The first-order chi connectivity index (χ1) is 15.1. The number of anilines is 1. The second-order valence-electron chi connectivity index (χ2n) is 8.02. The van der Waals surface area contributed by atoms with Crippen LogP contribution in [0.1, 0.15) is 41.7 Å². The van der Waals surface area contributed by atoms with Crippen molar-refractivity contribution in [2.75, 3.05) is 25.0 Å². The van der Waals surface area contributed by atoms with Crippen LogP contribution in [0.5, 0.6) is 0 Å². The van der Waals surface area contributed by atoms with Crippen molar-refractivity contribution in [1.29, 1.82) is 0 Å². The van der Waals surface area contributed by atoms with E-state index in [1.54, 1.807) is 4.90 Å². The van der Waals surface area contributed by atoms with E-state index in [0.29, 0.717) is 18.5 Å². The van der Waals surface area contributed by atoms with Crippen molar-refractivity contribution in [3.05, 3.63) is 71.9 Å². The molecule has 0 radical (unpaired) electrons. The van der Waals surface area contributed by atoms with Gasteiger partial charge in [-0.25, -0.2) is 0 Å². The molecule has 2 amide bonds. The molecule has 6 nitrogen and oxygen atoms in total. The molecular formula is C25H28N4O2. The van der Waals surface area contributed by atoms with Crippen molar-refractivity contribution < 1.29 is 9.59 Å². The molecule has 2 heterocycles. The molecule has 0 bridgehead atoms. The van der Waals surface area contributed by atoms with Crippen LogP contribution in [-0.2, 0) is 11.2 Å². The summed E-state index contributed by atoms with van der Waals surface area (Å²) >= 11 is 0. The Labute approximate surface area is 182 Å². The molecule has 0 saturated carbocycles. The highest BCUT2D eigenvalue weighted by atomic mass is 16.2. The number of piperidine rings is 1. The van der Waals surface area contributed by atoms with E-state index in [0.717, 1.165) is 54.9 Å². The number of aromatic amines is 1. The van der Waals surface area contributed by atoms with Crippen molar-refractivity contribution in [2.45, 2.75) is 32.1 Å². The van der Waals surface area contributed by atoms with E-state index in [1.807, 2.05) is 66.5 Å². The Bertz CT molecular complexity index is 1030. The smallest absolute Gasteiger partial charge is 0.253 e. The topological polar surface area (TPSA) is 69.3 Å². The van der Waals surface area contributed by atoms with Gasteiger partial charge in [0.15, 0.2) is 0 Å². The molecule has 1 aliphatic heterocycles. The number of hydrogen-bond donors (Lipinski definition) is 1. The molecule has 0 atom stereocenters. The second-order valence-corrected chi connectivity index (χ2v) is 8.02. The summed E-state index contributed by atoms with van der Waals surface area (Å²) in [7, 11) is 1.83. The van der Waals surface area contributed by atoms with E-state index in [1.165, 1.54) is 0 Å². The maximum Gasteiger partial charge on any atom is 0.253 e. The lowest BCUT2D eigenvalue weighted by atomic mass is 10.1. The lowest BCUT2D eigenvalue weighted by Gasteiger charge is -2.27. The lowest BCUT2D eigenvalue weighted by molar-refractivity contribution is -0.119. The largest absolute Gasteiger partial charge is 0.342 e. The fourth-order valence-electron chi connectivity index (χ4n) is 3.94. The van der Waals surface area contributed by atoms with Gasteiger partial charge in [-0.1, -0.05) is 30.3 Å². The van der Waals surface area contributed by atoms with Crippen LogP contribution in [0.4, 0.5) is 5.69 Å². The van der Waals surface area contributed by atoms with Gasteiger partial charge in [-0.2, -0.15) is 5.10 Å². The van der Waals surface area contributed by atoms with E-state index >= 15 is 0 Å². The number of aryl methyl sites for hydroxylation is 1. The number of rotatable bonds is 7. The molecule has 0 unspecified atom stereocenters. The van der Waals surface area contributed by atoms with Crippen LogP contribution in [0.15, 0.2) is 60.7 Å². The Hall–Kier alpha value is -3.41. The van der Waals surface area contributed by atoms with Gasteiger partial charge in [-0.15, -0.1) is 0 Å². The van der Waals surface area contributed by atoms with Crippen LogP contribution in [0, 0.1) is 0 Å². The average molecular weight is 417 g/mol. The summed E-state index contributed by atoms with van der Waals surface area (Å²) in [4.78, 5) is 28.4. The summed E-state index contributed by atoms with van der Waals surface area (Å²) in [5.41, 5.74) is 4.61. The van der Waals surface area contributed by atoms with Gasteiger partial charge in [0.2, 0.25) is 5.91 Å². The summed E-state index contributed by atoms with van der Waals surface area (Å²) < 4.78 is 0. The quantitative estimate of drug-likeness (QED) is 0.624. The number of H-pyrrole nitrogens is 1. The van der Waals surface area contributed by atoms with Crippen LogP contribution in [0.2, 0.25) is 0 Å². The zero-order valence-electron chi connectivity index (χ0n) is 17.9. The number of aromatic nitrogens is 2. The molecule has 3 aromatic rings. The monoisotopic (exact) mass is 416 g/mol. The van der Waals surface area contributed by atoms with Crippen LogP contribution < -0.4 is 4.90 Å². The molecule has 160 valence electrons. The first kappa shape index (κ1) is 20.8. The highest BCUT2D eigenvalue weighted by Gasteiger charge is 2.20. The van der Waals surface area contributed by atoms with Gasteiger partial charge in [0.25, 0.3) is 5.91 Å². The Balaban J connectivity index is 1.29. The molecule has 6 heteroatoms. The van der Waals surface area contributed by atoms with E-state index in [9.17, 15) is 9.59 Å². The number of carbonyl (C=O) groups excluding carboxylic acids is 2. The number of carbonyl (C=O) groups is 2. The third-order valence-electron chi connectivity index (χ3n) is 5.74. The third kappa shape index (κ3) is 5.02. The summed E-state index contributed by atoms with van der Waals surface area (Å²) in [5.74, 6) is 0.155. The van der Waals surface area contributed by atoms with Gasteiger partial charge in [-0.05, 0) is 56.0 Å². The number of hydrogen-bond acceptors (Lipinski definition) is 3. The van der Waals surface area contributed by atoms with Gasteiger partial charge in [-0.3, -0.25) is 14.7 Å².